The lowest BCUT2D eigenvalue weighted by molar-refractivity contribution is -0.184. The van der Waals surface area contributed by atoms with Gasteiger partial charge in [0, 0.05) is 23.8 Å². The normalized spacial score (nSPS) is 20.7. The maximum Gasteiger partial charge on any atom is 0.187 e. The zero-order chi connectivity index (χ0) is 20.1. The van der Waals surface area contributed by atoms with E-state index >= 15 is 0 Å². The van der Waals surface area contributed by atoms with E-state index in [0.29, 0.717) is 37.0 Å². The number of aryl methyl sites for hydroxylation is 1. The molecule has 8 heteroatoms. The van der Waals surface area contributed by atoms with E-state index in [0.717, 1.165) is 12.0 Å². The molecule has 0 saturated carbocycles. The zero-order valence-corrected chi connectivity index (χ0v) is 17.8. The summed E-state index contributed by atoms with van der Waals surface area (Å²) >= 11 is 5.98. The first-order valence-electron chi connectivity index (χ1n) is 9.51. The number of benzene rings is 2. The summed E-state index contributed by atoms with van der Waals surface area (Å²) in [5.74, 6) is -0.459. The summed E-state index contributed by atoms with van der Waals surface area (Å²) in [5, 5.41) is 0.716. The number of rotatable bonds is 8. The third-order valence-electron chi connectivity index (χ3n) is 4.85. The largest absolute Gasteiger partial charge is 0.491 e. The molecule has 1 aromatic heterocycles. The van der Waals surface area contributed by atoms with Gasteiger partial charge in [-0.05, 0) is 48.4 Å². The van der Waals surface area contributed by atoms with Gasteiger partial charge >= 0.3 is 0 Å². The Hall–Kier alpha value is -2.12. The van der Waals surface area contributed by atoms with E-state index < -0.39 is 5.79 Å². The summed E-state index contributed by atoms with van der Waals surface area (Å²) < 4.78 is 33.2. The summed E-state index contributed by atoms with van der Waals surface area (Å²) in [6.07, 6.45) is 6.63. The minimum atomic E-state index is -0.767. The lowest BCUT2D eigenvalue weighted by atomic mass is 10.0. The summed E-state index contributed by atoms with van der Waals surface area (Å²) in [7, 11) is 0. The van der Waals surface area contributed by atoms with Crippen molar-refractivity contribution in [3.8, 4) is 5.75 Å². The van der Waals surface area contributed by atoms with Gasteiger partial charge in [0.05, 0.1) is 19.5 Å². The molecule has 2 atom stereocenters. The Bertz CT molecular complexity index is 907. The van der Waals surface area contributed by atoms with Crippen molar-refractivity contribution in [3.05, 3.63) is 83.7 Å². The van der Waals surface area contributed by atoms with Crippen LogP contribution in [0.2, 0.25) is 5.02 Å². The fraction of sp³-hybridized carbons (Fsp3) is 0.318. The molecule has 0 spiro atoms. The van der Waals surface area contributed by atoms with Crippen LogP contribution in [0.5, 0.6) is 5.75 Å². The molecule has 0 bridgehead atoms. The monoisotopic (exact) mass is 452 g/mol. The second-order valence-corrected chi connectivity index (χ2v) is 7.52. The number of halogens is 3. The molecule has 0 N–H and O–H groups in total. The lowest BCUT2D eigenvalue weighted by Crippen LogP contribution is -2.37. The van der Waals surface area contributed by atoms with Crippen LogP contribution in [0.3, 0.4) is 0 Å². The molecule has 0 aliphatic carbocycles. The van der Waals surface area contributed by atoms with Gasteiger partial charge in [-0.2, -0.15) is 0 Å². The summed E-state index contributed by atoms with van der Waals surface area (Å²) in [4.78, 5) is 4.11. The SMILES string of the molecule is Cl.Fc1ccc(OC[C@H]2CO[C@@](CCc3ccc(Cl)cc3)(Cn3ccnc3)O2)cc1. The molecule has 1 saturated heterocycles. The van der Waals surface area contributed by atoms with E-state index in [9.17, 15) is 4.39 Å². The van der Waals surface area contributed by atoms with Gasteiger partial charge in [-0.3, -0.25) is 0 Å². The number of hydrogen-bond donors (Lipinski definition) is 0. The lowest BCUT2D eigenvalue weighted by Gasteiger charge is -2.28. The topological polar surface area (TPSA) is 45.5 Å². The smallest absolute Gasteiger partial charge is 0.187 e. The molecule has 30 heavy (non-hydrogen) atoms. The summed E-state index contributed by atoms with van der Waals surface area (Å²) in [6, 6.07) is 13.7. The van der Waals surface area contributed by atoms with Gasteiger partial charge in [-0.1, -0.05) is 23.7 Å². The number of aromatic nitrogens is 2. The highest BCUT2D eigenvalue weighted by Crippen LogP contribution is 2.31. The summed E-state index contributed by atoms with van der Waals surface area (Å²) in [5.41, 5.74) is 1.16. The molecule has 2 aromatic carbocycles. The van der Waals surface area contributed by atoms with Crippen molar-refractivity contribution in [2.24, 2.45) is 0 Å². The van der Waals surface area contributed by atoms with Gasteiger partial charge < -0.3 is 18.8 Å². The molecule has 160 valence electrons. The van der Waals surface area contributed by atoms with Crippen LogP contribution in [0.15, 0.2) is 67.3 Å². The molecule has 2 heterocycles. The van der Waals surface area contributed by atoms with Crippen molar-refractivity contribution >= 4 is 24.0 Å². The van der Waals surface area contributed by atoms with E-state index in [1.54, 1.807) is 24.7 Å². The second kappa shape index (κ2) is 10.3. The van der Waals surface area contributed by atoms with Gasteiger partial charge in [0.25, 0.3) is 0 Å². The molecule has 1 aliphatic heterocycles. The van der Waals surface area contributed by atoms with Crippen LogP contribution < -0.4 is 4.74 Å². The molecule has 0 radical (unpaired) electrons. The minimum absolute atomic E-state index is 0. The first-order chi connectivity index (χ1) is 14.1. The fourth-order valence-corrected chi connectivity index (χ4v) is 3.48. The molecule has 1 fully saturated rings. The van der Waals surface area contributed by atoms with Gasteiger partial charge in [0.2, 0.25) is 0 Å². The Morgan fingerprint density at radius 1 is 1.17 bits per heavy atom. The van der Waals surface area contributed by atoms with Crippen LogP contribution in [0.1, 0.15) is 12.0 Å². The number of imidazole rings is 1. The highest BCUT2D eigenvalue weighted by molar-refractivity contribution is 6.30. The van der Waals surface area contributed by atoms with Crippen LogP contribution in [0.25, 0.3) is 0 Å². The molecule has 0 unspecified atom stereocenters. The quantitative estimate of drug-likeness (QED) is 0.486. The second-order valence-electron chi connectivity index (χ2n) is 7.09. The molecule has 0 amide bonds. The van der Waals surface area contributed by atoms with Crippen molar-refractivity contribution < 1.29 is 18.6 Å². The van der Waals surface area contributed by atoms with E-state index in [1.165, 1.54) is 12.1 Å². The maximum absolute atomic E-state index is 13.0. The molecule has 4 rings (SSSR count). The summed E-state index contributed by atoms with van der Waals surface area (Å²) in [6.45, 7) is 1.29. The third kappa shape index (κ3) is 5.95. The van der Waals surface area contributed by atoms with Crippen LogP contribution >= 0.6 is 24.0 Å². The molecule has 5 nitrogen and oxygen atoms in total. The highest BCUT2D eigenvalue weighted by atomic mass is 35.5. The van der Waals surface area contributed by atoms with Crippen LogP contribution in [0.4, 0.5) is 4.39 Å². The van der Waals surface area contributed by atoms with E-state index in [2.05, 4.69) is 4.98 Å². The Labute approximate surface area is 186 Å². The van der Waals surface area contributed by atoms with Crippen molar-refractivity contribution in [1.82, 2.24) is 9.55 Å². The average Bonchev–Trinajstić information content (AvgIpc) is 3.38. The Kier molecular flexibility index (Phi) is 7.72. The minimum Gasteiger partial charge on any atom is -0.491 e. The van der Waals surface area contributed by atoms with E-state index in [-0.39, 0.29) is 24.3 Å². The Balaban J connectivity index is 0.00000256. The fourth-order valence-electron chi connectivity index (χ4n) is 3.36. The van der Waals surface area contributed by atoms with Crippen molar-refractivity contribution in [1.29, 1.82) is 0 Å². The van der Waals surface area contributed by atoms with Gasteiger partial charge in [0.15, 0.2) is 5.79 Å². The van der Waals surface area contributed by atoms with E-state index in [1.807, 2.05) is 35.0 Å². The molecular formula is C22H23Cl2FN2O3. The van der Waals surface area contributed by atoms with Crippen molar-refractivity contribution in [2.45, 2.75) is 31.3 Å². The third-order valence-corrected chi connectivity index (χ3v) is 5.11. The van der Waals surface area contributed by atoms with Gasteiger partial charge in [-0.15, -0.1) is 12.4 Å². The predicted molar refractivity (Wildman–Crippen MR) is 115 cm³/mol. The molecular weight excluding hydrogens is 430 g/mol. The molecule has 1 aliphatic rings. The molecule has 3 aromatic rings. The van der Waals surface area contributed by atoms with Gasteiger partial charge in [-0.25, -0.2) is 9.37 Å². The van der Waals surface area contributed by atoms with Gasteiger partial charge in [0.1, 0.15) is 24.3 Å². The first-order valence-corrected chi connectivity index (χ1v) is 9.88. The van der Waals surface area contributed by atoms with E-state index in [4.69, 9.17) is 25.8 Å². The van der Waals surface area contributed by atoms with Crippen LogP contribution in [0, 0.1) is 5.82 Å². The number of ether oxygens (including phenoxy) is 3. The van der Waals surface area contributed by atoms with Crippen molar-refractivity contribution in [3.63, 3.8) is 0 Å². The van der Waals surface area contributed by atoms with Crippen molar-refractivity contribution in [2.75, 3.05) is 13.2 Å². The zero-order valence-electron chi connectivity index (χ0n) is 16.2. The standard InChI is InChI=1S/C22H22ClFN2O3.ClH/c23-18-3-1-17(2-4-18)9-10-22(15-26-12-11-25-16-26)28-14-21(29-22)13-27-20-7-5-19(24)6-8-20;/h1-8,11-12,16,21H,9-10,13-15H2;1H/t21-,22+;/m0./s1. The number of nitrogens with zero attached hydrogens (tertiary/aromatic N) is 2. The number of hydrogen-bond acceptors (Lipinski definition) is 4. The highest BCUT2D eigenvalue weighted by Gasteiger charge is 2.42. The maximum atomic E-state index is 13.0. The first kappa shape index (κ1) is 22.6. The Morgan fingerprint density at radius 2 is 1.93 bits per heavy atom. The predicted octanol–water partition coefficient (Wildman–Crippen LogP) is 4.92. The Morgan fingerprint density at radius 3 is 2.63 bits per heavy atom. The van der Waals surface area contributed by atoms with Crippen LogP contribution in [-0.2, 0) is 22.4 Å². The van der Waals surface area contributed by atoms with Crippen LogP contribution in [-0.4, -0.2) is 34.7 Å². The average molecular weight is 453 g/mol.